The van der Waals surface area contributed by atoms with Crippen LogP contribution < -0.4 is 5.73 Å². The van der Waals surface area contributed by atoms with Gasteiger partial charge in [0.2, 0.25) is 0 Å². The van der Waals surface area contributed by atoms with Gasteiger partial charge < -0.3 is 45.5 Å². The maximum absolute atomic E-state index is 9.77. The first-order valence-corrected chi connectivity index (χ1v) is 7.65. The van der Waals surface area contributed by atoms with Gasteiger partial charge >= 0.3 is 11.9 Å². The lowest BCUT2D eigenvalue weighted by Gasteiger charge is -2.22. The molecule has 2 rings (SSSR count). The molecule has 1 heterocycles. The average Bonchev–Trinajstić information content (AvgIpc) is 2.98. The van der Waals surface area contributed by atoms with Crippen molar-refractivity contribution in [3.63, 3.8) is 0 Å². The van der Waals surface area contributed by atoms with Crippen LogP contribution in [-0.4, -0.2) is 93.0 Å². The van der Waals surface area contributed by atoms with Crippen molar-refractivity contribution < 1.29 is 49.3 Å². The van der Waals surface area contributed by atoms with Crippen LogP contribution >= 0.6 is 0 Å². The average molecular weight is 367 g/mol. The van der Waals surface area contributed by atoms with Crippen LogP contribution in [0.2, 0.25) is 0 Å². The fourth-order valence-electron chi connectivity index (χ4n) is 2.61. The Balaban J connectivity index is 0.000000275. The Labute approximate surface area is 143 Å². The van der Waals surface area contributed by atoms with E-state index in [1.54, 1.807) is 0 Å². The van der Waals surface area contributed by atoms with E-state index in [4.69, 9.17) is 45.5 Å². The van der Waals surface area contributed by atoms with Crippen molar-refractivity contribution in [2.75, 3.05) is 13.2 Å². The maximum atomic E-state index is 9.77. The molecule has 25 heavy (non-hydrogen) atoms. The Hall–Kier alpha value is -1.34. The van der Waals surface area contributed by atoms with Gasteiger partial charge in [-0.15, -0.1) is 0 Å². The minimum atomic E-state index is -2.27. The zero-order chi connectivity index (χ0) is 19.4. The fourth-order valence-corrected chi connectivity index (χ4v) is 2.61. The number of hydrogen-bond acceptors (Lipinski definition) is 9. The van der Waals surface area contributed by atoms with Gasteiger partial charge in [0.1, 0.15) is 12.2 Å². The molecule has 0 aromatic heterocycles. The second kappa shape index (κ2) is 8.85. The van der Waals surface area contributed by atoms with Crippen molar-refractivity contribution >= 4 is 11.9 Å². The largest absolute Gasteiger partial charge is 0.479 e. The molecule has 0 aromatic carbocycles. The lowest BCUT2D eigenvalue weighted by molar-refractivity contribution is -0.168. The summed E-state index contributed by atoms with van der Waals surface area (Å²) in [5.41, 5.74) is 5.96. The van der Waals surface area contributed by atoms with E-state index in [2.05, 4.69) is 0 Å². The van der Waals surface area contributed by atoms with Crippen LogP contribution in [0, 0.1) is 0 Å². The van der Waals surface area contributed by atoms with Gasteiger partial charge in [0.15, 0.2) is 18.0 Å². The van der Waals surface area contributed by atoms with Gasteiger partial charge in [0.25, 0.3) is 0 Å². The van der Waals surface area contributed by atoms with Crippen LogP contribution in [0.4, 0.5) is 0 Å². The molecule has 6 atom stereocenters. The number of carbonyl (C=O) groups is 2. The van der Waals surface area contributed by atoms with E-state index in [1.165, 1.54) is 0 Å². The van der Waals surface area contributed by atoms with Gasteiger partial charge in [0.05, 0.1) is 19.3 Å². The number of aliphatic carboxylic acids is 2. The number of aliphatic hydroxyl groups is 3. The molecule has 6 unspecified atom stereocenters. The van der Waals surface area contributed by atoms with Crippen LogP contribution in [-0.2, 0) is 23.8 Å². The zero-order valence-electron chi connectivity index (χ0n) is 13.9. The van der Waals surface area contributed by atoms with Crippen LogP contribution in [0.1, 0.15) is 20.3 Å². The molecule has 1 aliphatic carbocycles. The summed E-state index contributed by atoms with van der Waals surface area (Å²) >= 11 is 0. The molecule has 11 heteroatoms. The summed E-state index contributed by atoms with van der Waals surface area (Å²) in [6.07, 6.45) is -4.04. The van der Waals surface area contributed by atoms with Crippen molar-refractivity contribution in [2.45, 2.75) is 62.6 Å². The van der Waals surface area contributed by atoms with Crippen molar-refractivity contribution in [3.8, 4) is 0 Å². The smallest absolute Gasteiger partial charge is 0.335 e. The normalized spacial score (nSPS) is 32.2. The van der Waals surface area contributed by atoms with Crippen LogP contribution in [0.5, 0.6) is 0 Å². The van der Waals surface area contributed by atoms with Crippen LogP contribution in [0.3, 0.4) is 0 Å². The molecule has 2 aliphatic rings. The third-order valence-electron chi connectivity index (χ3n) is 3.68. The summed E-state index contributed by atoms with van der Waals surface area (Å²) in [5.74, 6) is -4.11. The van der Waals surface area contributed by atoms with Gasteiger partial charge in [-0.25, -0.2) is 9.59 Å². The molecule has 1 saturated carbocycles. The Morgan fingerprint density at radius 3 is 2.08 bits per heavy atom. The predicted molar refractivity (Wildman–Crippen MR) is 80.5 cm³/mol. The van der Waals surface area contributed by atoms with E-state index in [9.17, 15) is 9.59 Å². The zero-order valence-corrected chi connectivity index (χ0v) is 13.9. The third-order valence-corrected chi connectivity index (χ3v) is 3.68. The van der Waals surface area contributed by atoms with Crippen molar-refractivity contribution in [2.24, 2.45) is 5.73 Å². The Morgan fingerprint density at radius 1 is 1.16 bits per heavy atom. The second-order valence-electron chi connectivity index (χ2n) is 6.16. The van der Waals surface area contributed by atoms with E-state index in [1.807, 2.05) is 13.8 Å². The molecule has 0 radical (unpaired) electrons. The molecule has 0 spiro atoms. The van der Waals surface area contributed by atoms with E-state index < -0.39 is 29.9 Å². The highest BCUT2D eigenvalue weighted by Crippen LogP contribution is 2.38. The van der Waals surface area contributed by atoms with Crippen molar-refractivity contribution in [1.29, 1.82) is 0 Å². The van der Waals surface area contributed by atoms with Gasteiger partial charge in [-0.2, -0.15) is 0 Å². The van der Waals surface area contributed by atoms with Gasteiger partial charge in [-0.05, 0) is 20.3 Å². The molecule has 11 nitrogen and oxygen atoms in total. The van der Waals surface area contributed by atoms with Gasteiger partial charge in [-0.3, -0.25) is 0 Å². The standard InChI is InChI=1S/C10H19NO4.C4H6O6/c1-10(2)14-8-6(11)5-7(9(8)15-10)13-4-3-12;5-1(3(7)8)2(6)4(9)10/h6-9,12H,3-5,11H2,1-2H3;1-2,5-6H,(H,7,8)(H,9,10). The van der Waals surface area contributed by atoms with Gasteiger partial charge in [-0.1, -0.05) is 0 Å². The summed E-state index contributed by atoms with van der Waals surface area (Å²) in [6.45, 7) is 4.10. The van der Waals surface area contributed by atoms with E-state index in [0.29, 0.717) is 6.61 Å². The molecule has 1 saturated heterocycles. The summed E-state index contributed by atoms with van der Waals surface area (Å²) in [5, 5.41) is 41.2. The molecular formula is C14H25NO10. The number of fused-ring (bicyclic) bond motifs is 1. The monoisotopic (exact) mass is 367 g/mol. The molecule has 0 aromatic rings. The lowest BCUT2D eigenvalue weighted by Crippen LogP contribution is -2.39. The highest BCUT2D eigenvalue weighted by Gasteiger charge is 2.53. The molecular weight excluding hydrogens is 342 g/mol. The number of carboxylic acids is 2. The second-order valence-corrected chi connectivity index (χ2v) is 6.16. The molecule has 0 amide bonds. The van der Waals surface area contributed by atoms with E-state index in [0.717, 1.165) is 6.42 Å². The van der Waals surface area contributed by atoms with E-state index in [-0.39, 0.29) is 31.0 Å². The maximum Gasteiger partial charge on any atom is 0.335 e. The Morgan fingerprint density at radius 2 is 1.64 bits per heavy atom. The topological polar surface area (TPSA) is 189 Å². The number of nitrogens with two attached hydrogens (primary N) is 1. The van der Waals surface area contributed by atoms with Crippen molar-refractivity contribution in [1.82, 2.24) is 0 Å². The molecule has 2 fully saturated rings. The quantitative estimate of drug-likeness (QED) is 0.291. The minimum absolute atomic E-state index is 0.0212. The first-order valence-electron chi connectivity index (χ1n) is 7.65. The fraction of sp³-hybridized carbons (Fsp3) is 0.857. The summed E-state index contributed by atoms with van der Waals surface area (Å²) < 4.78 is 16.9. The van der Waals surface area contributed by atoms with Gasteiger partial charge in [0, 0.05) is 6.04 Å². The number of carboxylic acid groups (broad SMARTS) is 2. The molecule has 7 N–H and O–H groups in total. The summed E-state index contributed by atoms with van der Waals surface area (Å²) in [6, 6.07) is -0.0412. The van der Waals surface area contributed by atoms with Crippen LogP contribution in [0.15, 0.2) is 0 Å². The molecule has 0 bridgehead atoms. The predicted octanol–water partition coefficient (Wildman–Crippen LogP) is -2.51. The minimum Gasteiger partial charge on any atom is -0.479 e. The highest BCUT2D eigenvalue weighted by atomic mass is 16.8. The first kappa shape index (κ1) is 21.7. The highest BCUT2D eigenvalue weighted by molar-refractivity contribution is 5.83. The van der Waals surface area contributed by atoms with E-state index >= 15 is 0 Å². The van der Waals surface area contributed by atoms with Crippen LogP contribution in [0.25, 0.3) is 0 Å². The lowest BCUT2D eigenvalue weighted by atomic mass is 10.2. The third kappa shape index (κ3) is 5.85. The first-order chi connectivity index (χ1) is 11.5. The number of aliphatic hydroxyl groups excluding tert-OH is 3. The molecule has 1 aliphatic heterocycles. The number of hydrogen-bond donors (Lipinski definition) is 6. The number of ether oxygens (including phenoxy) is 3. The van der Waals surface area contributed by atoms with Crippen molar-refractivity contribution in [3.05, 3.63) is 0 Å². The number of rotatable bonds is 6. The SMILES string of the molecule is CC1(C)OC2C(N)CC(OCCO)C2O1.O=C(O)C(O)C(O)C(=O)O. The Kier molecular flexibility index (Phi) is 7.68. The molecule has 146 valence electrons. The summed E-state index contributed by atoms with van der Waals surface area (Å²) in [4.78, 5) is 19.5. The Bertz CT molecular complexity index is 453. The summed E-state index contributed by atoms with van der Waals surface area (Å²) in [7, 11) is 0.